The smallest absolute Gasteiger partial charge is 0.345 e. The summed E-state index contributed by atoms with van der Waals surface area (Å²) in [5.74, 6) is -0.923. The van der Waals surface area contributed by atoms with Crippen LogP contribution in [0.3, 0.4) is 0 Å². The van der Waals surface area contributed by atoms with Crippen LogP contribution in [0.5, 0.6) is 0 Å². The van der Waals surface area contributed by atoms with Crippen LogP contribution < -0.4 is 0 Å². The van der Waals surface area contributed by atoms with E-state index in [1.165, 1.54) is 6.07 Å². The fourth-order valence-corrected chi connectivity index (χ4v) is 2.22. The number of ether oxygens (including phenoxy) is 1. The van der Waals surface area contributed by atoms with Crippen LogP contribution in [-0.4, -0.2) is 23.7 Å². The summed E-state index contributed by atoms with van der Waals surface area (Å²) in [6, 6.07) is 14.2. The zero-order valence-corrected chi connectivity index (χ0v) is 11.6. The molecule has 5 heteroatoms. The van der Waals surface area contributed by atoms with Crippen molar-refractivity contribution in [3.63, 3.8) is 0 Å². The van der Waals surface area contributed by atoms with Crippen molar-refractivity contribution in [3.8, 4) is 0 Å². The molecule has 21 heavy (non-hydrogen) atoms. The summed E-state index contributed by atoms with van der Waals surface area (Å²) in [5.41, 5.74) is 0.995. The van der Waals surface area contributed by atoms with E-state index < -0.39 is 17.8 Å². The van der Waals surface area contributed by atoms with Crippen LogP contribution in [0.15, 0.2) is 59.6 Å². The van der Waals surface area contributed by atoms with E-state index in [9.17, 15) is 9.59 Å². The summed E-state index contributed by atoms with van der Waals surface area (Å²) in [5, 5.41) is 0.430. The van der Waals surface area contributed by atoms with Crippen molar-refractivity contribution in [1.29, 1.82) is 0 Å². The Hall–Kier alpha value is -2.46. The van der Waals surface area contributed by atoms with Crippen molar-refractivity contribution in [2.45, 2.75) is 6.04 Å². The standard InChI is InChI=1S/C16H10ClNO3/c17-12-8-4-7-11(9-12)14(19)13-16(20)21-15(18-13)10-5-2-1-3-6-10/h1-9,13H. The lowest BCUT2D eigenvalue weighted by atomic mass is 10.1. The first-order valence-electron chi connectivity index (χ1n) is 6.30. The van der Waals surface area contributed by atoms with E-state index >= 15 is 0 Å². The number of cyclic esters (lactones) is 1. The minimum atomic E-state index is -1.17. The molecule has 104 valence electrons. The first-order chi connectivity index (χ1) is 10.1. The number of Topliss-reactive ketones (excluding diaryl/α,β-unsaturated/α-hetero) is 1. The van der Waals surface area contributed by atoms with Gasteiger partial charge in [0.05, 0.1) is 0 Å². The normalized spacial score (nSPS) is 17.3. The molecule has 2 aromatic rings. The molecule has 0 N–H and O–H groups in total. The number of carbonyl (C=O) groups is 2. The van der Waals surface area contributed by atoms with Crippen molar-refractivity contribution < 1.29 is 14.3 Å². The monoisotopic (exact) mass is 299 g/mol. The van der Waals surface area contributed by atoms with Gasteiger partial charge in [-0.2, -0.15) is 0 Å². The summed E-state index contributed by atoms with van der Waals surface area (Å²) in [6.45, 7) is 0. The third-order valence-electron chi connectivity index (χ3n) is 3.05. The molecule has 0 amide bonds. The molecule has 0 saturated carbocycles. The molecular formula is C16H10ClNO3. The predicted molar refractivity (Wildman–Crippen MR) is 78.6 cm³/mol. The molecule has 3 rings (SSSR count). The van der Waals surface area contributed by atoms with Crippen LogP contribution in [-0.2, 0) is 9.53 Å². The summed E-state index contributed by atoms with van der Waals surface area (Å²) in [4.78, 5) is 28.3. The Morgan fingerprint density at radius 1 is 1.10 bits per heavy atom. The molecule has 1 aliphatic heterocycles. The van der Waals surface area contributed by atoms with E-state index in [0.717, 1.165) is 0 Å². The number of aliphatic imine (C=N–C) groups is 1. The molecule has 0 aromatic heterocycles. The fourth-order valence-electron chi connectivity index (χ4n) is 2.03. The van der Waals surface area contributed by atoms with Gasteiger partial charge < -0.3 is 4.74 Å². The summed E-state index contributed by atoms with van der Waals surface area (Å²) >= 11 is 5.85. The molecule has 0 radical (unpaired) electrons. The Labute approximate surface area is 126 Å². The molecule has 0 saturated heterocycles. The molecule has 1 unspecified atom stereocenters. The Morgan fingerprint density at radius 2 is 1.86 bits per heavy atom. The van der Waals surface area contributed by atoms with Crippen molar-refractivity contribution in [2.24, 2.45) is 4.99 Å². The average Bonchev–Trinajstić information content (AvgIpc) is 2.89. The molecular weight excluding hydrogens is 290 g/mol. The highest BCUT2D eigenvalue weighted by molar-refractivity contribution is 6.31. The van der Waals surface area contributed by atoms with Gasteiger partial charge in [0.25, 0.3) is 0 Å². The van der Waals surface area contributed by atoms with E-state index in [1.807, 2.05) is 6.07 Å². The highest BCUT2D eigenvalue weighted by Gasteiger charge is 2.36. The first-order valence-corrected chi connectivity index (χ1v) is 6.67. The molecule has 0 fully saturated rings. The van der Waals surface area contributed by atoms with E-state index in [4.69, 9.17) is 16.3 Å². The van der Waals surface area contributed by atoms with Crippen molar-refractivity contribution in [3.05, 3.63) is 70.7 Å². The maximum absolute atomic E-state index is 12.3. The zero-order valence-electron chi connectivity index (χ0n) is 10.8. The fraction of sp³-hybridized carbons (Fsp3) is 0.0625. The summed E-state index contributed by atoms with van der Waals surface area (Å²) in [6.07, 6.45) is 0. The van der Waals surface area contributed by atoms with Crippen LogP contribution >= 0.6 is 11.6 Å². The quantitative estimate of drug-likeness (QED) is 0.497. The van der Waals surface area contributed by atoms with Crippen LogP contribution in [0.25, 0.3) is 0 Å². The number of nitrogens with zero attached hydrogens (tertiary/aromatic N) is 1. The van der Waals surface area contributed by atoms with E-state index in [2.05, 4.69) is 4.99 Å². The largest absolute Gasteiger partial charge is 0.405 e. The minimum absolute atomic E-state index is 0.168. The van der Waals surface area contributed by atoms with Gasteiger partial charge >= 0.3 is 5.97 Å². The van der Waals surface area contributed by atoms with Gasteiger partial charge in [-0.05, 0) is 24.3 Å². The number of carbonyl (C=O) groups excluding carboxylic acids is 2. The highest BCUT2D eigenvalue weighted by Crippen LogP contribution is 2.19. The SMILES string of the molecule is O=C1OC(c2ccccc2)=NC1C(=O)c1cccc(Cl)c1. The van der Waals surface area contributed by atoms with Crippen LogP contribution in [0.4, 0.5) is 0 Å². The third kappa shape index (κ3) is 2.71. The predicted octanol–water partition coefficient (Wildman–Crippen LogP) is 2.89. The van der Waals surface area contributed by atoms with Crippen LogP contribution in [0.1, 0.15) is 15.9 Å². The second-order valence-electron chi connectivity index (χ2n) is 4.50. The van der Waals surface area contributed by atoms with Gasteiger partial charge in [-0.25, -0.2) is 9.79 Å². The van der Waals surface area contributed by atoms with E-state index in [0.29, 0.717) is 16.1 Å². The highest BCUT2D eigenvalue weighted by atomic mass is 35.5. The number of ketones is 1. The summed E-state index contributed by atoms with van der Waals surface area (Å²) in [7, 11) is 0. The number of esters is 1. The second-order valence-corrected chi connectivity index (χ2v) is 4.93. The van der Waals surface area contributed by atoms with Crippen molar-refractivity contribution in [2.75, 3.05) is 0 Å². The number of rotatable bonds is 3. The van der Waals surface area contributed by atoms with Gasteiger partial charge in [0.15, 0.2) is 5.78 Å². The molecule has 0 bridgehead atoms. The molecule has 1 aliphatic rings. The number of halogens is 1. The average molecular weight is 300 g/mol. The van der Waals surface area contributed by atoms with Gasteiger partial charge in [-0.3, -0.25) is 4.79 Å². The van der Waals surface area contributed by atoms with Crippen molar-refractivity contribution >= 4 is 29.3 Å². The van der Waals surface area contributed by atoms with E-state index in [-0.39, 0.29) is 5.90 Å². The molecule has 4 nitrogen and oxygen atoms in total. The molecule has 0 spiro atoms. The number of benzene rings is 2. The van der Waals surface area contributed by atoms with Gasteiger partial charge in [-0.1, -0.05) is 41.9 Å². The Bertz CT molecular complexity index is 740. The molecule has 2 aromatic carbocycles. The Morgan fingerprint density at radius 3 is 2.57 bits per heavy atom. The van der Waals surface area contributed by atoms with Gasteiger partial charge in [0.1, 0.15) is 0 Å². The Balaban J connectivity index is 1.90. The topological polar surface area (TPSA) is 55.7 Å². The van der Waals surface area contributed by atoms with Crippen LogP contribution in [0.2, 0.25) is 5.02 Å². The lowest BCUT2D eigenvalue weighted by molar-refractivity contribution is -0.133. The Kier molecular flexibility index (Phi) is 3.54. The lowest BCUT2D eigenvalue weighted by Gasteiger charge is -2.03. The van der Waals surface area contributed by atoms with E-state index in [1.54, 1.807) is 42.5 Å². The zero-order chi connectivity index (χ0) is 14.8. The van der Waals surface area contributed by atoms with Gasteiger partial charge in [0.2, 0.25) is 11.9 Å². The molecule has 0 aliphatic carbocycles. The summed E-state index contributed by atoms with van der Waals surface area (Å²) < 4.78 is 5.09. The third-order valence-corrected chi connectivity index (χ3v) is 3.28. The maximum atomic E-state index is 12.3. The number of hydrogen-bond donors (Lipinski definition) is 0. The minimum Gasteiger partial charge on any atom is -0.405 e. The van der Waals surface area contributed by atoms with Crippen LogP contribution in [0, 0.1) is 0 Å². The second kappa shape index (κ2) is 5.50. The van der Waals surface area contributed by atoms with Crippen molar-refractivity contribution in [1.82, 2.24) is 0 Å². The van der Waals surface area contributed by atoms with Gasteiger partial charge in [0, 0.05) is 16.1 Å². The molecule has 1 atom stereocenters. The first kappa shape index (κ1) is 13.5. The molecule has 1 heterocycles. The lowest BCUT2D eigenvalue weighted by Crippen LogP contribution is -2.25. The van der Waals surface area contributed by atoms with Gasteiger partial charge in [-0.15, -0.1) is 0 Å². The maximum Gasteiger partial charge on any atom is 0.345 e. The number of hydrogen-bond acceptors (Lipinski definition) is 4.